The summed E-state index contributed by atoms with van der Waals surface area (Å²) in [7, 11) is 0. The summed E-state index contributed by atoms with van der Waals surface area (Å²) in [6, 6.07) is 3.77. The molecule has 1 unspecified atom stereocenters. The van der Waals surface area contributed by atoms with Crippen LogP contribution in [0.5, 0.6) is 0 Å². The largest absolute Gasteiger partial charge is 0.310 e. The van der Waals surface area contributed by atoms with Crippen molar-refractivity contribution in [1.29, 1.82) is 0 Å². The molecule has 1 saturated carbocycles. The minimum Gasteiger partial charge on any atom is -0.310 e. The van der Waals surface area contributed by atoms with Crippen LogP contribution in [0.2, 0.25) is 0 Å². The van der Waals surface area contributed by atoms with Crippen molar-refractivity contribution in [1.82, 2.24) is 4.98 Å². The highest BCUT2D eigenvalue weighted by Gasteiger charge is 2.32. The van der Waals surface area contributed by atoms with Crippen LogP contribution in [-0.4, -0.2) is 10.9 Å². The average molecular weight is 316 g/mol. The third-order valence-corrected chi connectivity index (χ3v) is 3.36. The van der Waals surface area contributed by atoms with E-state index in [0.717, 1.165) is 3.57 Å². The molecule has 1 N–H and O–H groups in total. The topological polar surface area (TPSA) is 42.0 Å². The van der Waals surface area contributed by atoms with Crippen LogP contribution in [0.4, 0.5) is 5.82 Å². The highest BCUT2D eigenvalue weighted by molar-refractivity contribution is 14.1. The molecule has 2 rings (SSSR count). The van der Waals surface area contributed by atoms with Gasteiger partial charge in [0.15, 0.2) is 0 Å². The number of hydrogen-bond acceptors (Lipinski definition) is 2. The summed E-state index contributed by atoms with van der Waals surface area (Å²) in [5, 5.41) is 2.84. The lowest BCUT2D eigenvalue weighted by atomic mass is 10.1. The van der Waals surface area contributed by atoms with Gasteiger partial charge in [-0.1, -0.05) is 6.92 Å². The van der Waals surface area contributed by atoms with Crippen molar-refractivity contribution in [3.05, 3.63) is 21.9 Å². The Morgan fingerprint density at radius 3 is 2.87 bits per heavy atom. The number of carbonyl (C=O) groups excluding carboxylic acids is 1. The maximum atomic E-state index is 11.7. The Bertz CT molecular complexity index is 359. The van der Waals surface area contributed by atoms with E-state index in [4.69, 9.17) is 0 Å². The Morgan fingerprint density at radius 1 is 1.60 bits per heavy atom. The van der Waals surface area contributed by atoms with Crippen molar-refractivity contribution in [2.75, 3.05) is 5.32 Å². The van der Waals surface area contributed by atoms with Crippen LogP contribution in [-0.2, 0) is 4.79 Å². The Kier molecular flexibility index (Phi) is 3.23. The molecule has 3 nitrogen and oxygen atoms in total. The van der Waals surface area contributed by atoms with Gasteiger partial charge in [-0.2, -0.15) is 0 Å². The van der Waals surface area contributed by atoms with Crippen LogP contribution < -0.4 is 5.32 Å². The van der Waals surface area contributed by atoms with Gasteiger partial charge in [0.05, 0.1) is 0 Å². The van der Waals surface area contributed by atoms with Crippen molar-refractivity contribution < 1.29 is 4.79 Å². The first-order valence-electron chi connectivity index (χ1n) is 5.09. The van der Waals surface area contributed by atoms with E-state index in [1.807, 2.05) is 19.1 Å². The van der Waals surface area contributed by atoms with Crippen LogP contribution in [0.3, 0.4) is 0 Å². The van der Waals surface area contributed by atoms with E-state index >= 15 is 0 Å². The molecule has 1 heterocycles. The third-order valence-electron chi connectivity index (χ3n) is 2.72. The number of amides is 1. The maximum Gasteiger partial charge on any atom is 0.228 e. The van der Waals surface area contributed by atoms with Gasteiger partial charge < -0.3 is 5.32 Å². The Hall–Kier alpha value is -0.650. The minimum absolute atomic E-state index is 0.0891. The van der Waals surface area contributed by atoms with Crippen LogP contribution in [0.1, 0.15) is 19.8 Å². The molecular formula is C11H13IN2O. The number of aromatic nitrogens is 1. The van der Waals surface area contributed by atoms with Crippen molar-refractivity contribution in [3.8, 4) is 0 Å². The van der Waals surface area contributed by atoms with E-state index in [-0.39, 0.29) is 11.8 Å². The Balaban J connectivity index is 1.95. The van der Waals surface area contributed by atoms with Crippen molar-refractivity contribution >= 4 is 34.3 Å². The van der Waals surface area contributed by atoms with Gasteiger partial charge in [0, 0.05) is 15.7 Å². The van der Waals surface area contributed by atoms with Gasteiger partial charge in [0.25, 0.3) is 0 Å². The number of pyridine rings is 1. The minimum atomic E-state index is 0.0891. The van der Waals surface area contributed by atoms with Gasteiger partial charge in [0.1, 0.15) is 5.82 Å². The summed E-state index contributed by atoms with van der Waals surface area (Å²) in [6.45, 7) is 1.99. The average Bonchev–Trinajstić information content (AvgIpc) is 3.04. The quantitative estimate of drug-likeness (QED) is 0.871. The number of nitrogens with zero attached hydrogens (tertiary/aromatic N) is 1. The Labute approximate surface area is 103 Å². The molecule has 0 aliphatic heterocycles. The lowest BCUT2D eigenvalue weighted by molar-refractivity contribution is -0.119. The van der Waals surface area contributed by atoms with Gasteiger partial charge >= 0.3 is 0 Å². The summed E-state index contributed by atoms with van der Waals surface area (Å²) in [5.41, 5.74) is 0. The fourth-order valence-electron chi connectivity index (χ4n) is 1.50. The molecule has 80 valence electrons. The molecule has 1 aliphatic carbocycles. The molecule has 1 aliphatic rings. The number of hydrogen-bond donors (Lipinski definition) is 1. The van der Waals surface area contributed by atoms with Crippen LogP contribution >= 0.6 is 22.6 Å². The van der Waals surface area contributed by atoms with E-state index in [0.29, 0.717) is 11.7 Å². The van der Waals surface area contributed by atoms with Gasteiger partial charge in [-0.05, 0) is 53.5 Å². The zero-order valence-electron chi connectivity index (χ0n) is 8.53. The number of halogens is 1. The molecule has 4 heteroatoms. The van der Waals surface area contributed by atoms with Crippen LogP contribution in [0, 0.1) is 15.4 Å². The van der Waals surface area contributed by atoms with E-state index in [2.05, 4.69) is 32.9 Å². The predicted octanol–water partition coefficient (Wildman–Crippen LogP) is 2.67. The molecule has 0 spiro atoms. The first-order chi connectivity index (χ1) is 7.16. The summed E-state index contributed by atoms with van der Waals surface area (Å²) < 4.78 is 1.07. The predicted molar refractivity (Wildman–Crippen MR) is 67.5 cm³/mol. The normalized spacial score (nSPS) is 17.2. The van der Waals surface area contributed by atoms with Gasteiger partial charge in [-0.15, -0.1) is 0 Å². The second-order valence-electron chi connectivity index (χ2n) is 3.98. The van der Waals surface area contributed by atoms with Crippen molar-refractivity contribution in [3.63, 3.8) is 0 Å². The molecule has 0 bridgehead atoms. The standard InChI is InChI=1S/C11H13IN2O/c1-7(8-2-3-8)11(15)14-10-5-4-9(12)6-13-10/h4-8H,2-3H2,1H3,(H,13,14,15). The van der Waals surface area contributed by atoms with Crippen molar-refractivity contribution in [2.24, 2.45) is 11.8 Å². The number of anilines is 1. The van der Waals surface area contributed by atoms with Gasteiger partial charge in [-0.3, -0.25) is 4.79 Å². The molecular weight excluding hydrogens is 303 g/mol. The first kappa shape index (κ1) is 10.9. The maximum absolute atomic E-state index is 11.7. The van der Waals surface area contributed by atoms with E-state index < -0.39 is 0 Å². The van der Waals surface area contributed by atoms with E-state index in [1.165, 1.54) is 12.8 Å². The van der Waals surface area contributed by atoms with Gasteiger partial charge in [0.2, 0.25) is 5.91 Å². The molecule has 1 atom stereocenters. The molecule has 0 radical (unpaired) electrons. The van der Waals surface area contributed by atoms with Crippen molar-refractivity contribution in [2.45, 2.75) is 19.8 Å². The highest BCUT2D eigenvalue weighted by atomic mass is 127. The lowest BCUT2D eigenvalue weighted by Crippen LogP contribution is -2.22. The number of rotatable bonds is 3. The molecule has 1 aromatic rings. The van der Waals surface area contributed by atoms with Gasteiger partial charge in [-0.25, -0.2) is 4.98 Å². The van der Waals surface area contributed by atoms with Crippen LogP contribution in [0.15, 0.2) is 18.3 Å². The van der Waals surface area contributed by atoms with E-state index in [1.54, 1.807) is 6.20 Å². The zero-order valence-corrected chi connectivity index (χ0v) is 10.7. The van der Waals surface area contributed by atoms with E-state index in [9.17, 15) is 4.79 Å². The molecule has 0 saturated heterocycles. The lowest BCUT2D eigenvalue weighted by Gasteiger charge is -2.10. The fraction of sp³-hybridized carbons (Fsp3) is 0.455. The molecule has 1 amide bonds. The fourth-order valence-corrected chi connectivity index (χ4v) is 1.82. The second-order valence-corrected chi connectivity index (χ2v) is 5.22. The number of nitrogens with one attached hydrogen (secondary N) is 1. The first-order valence-corrected chi connectivity index (χ1v) is 6.17. The molecule has 1 fully saturated rings. The summed E-state index contributed by atoms with van der Waals surface area (Å²) in [6.07, 6.45) is 4.13. The third kappa shape index (κ3) is 2.90. The molecule has 0 aromatic carbocycles. The summed E-state index contributed by atoms with van der Waals surface area (Å²) in [4.78, 5) is 15.9. The summed E-state index contributed by atoms with van der Waals surface area (Å²) >= 11 is 2.19. The molecule has 1 aromatic heterocycles. The smallest absolute Gasteiger partial charge is 0.228 e. The Morgan fingerprint density at radius 2 is 2.33 bits per heavy atom. The molecule has 15 heavy (non-hydrogen) atoms. The summed E-state index contributed by atoms with van der Waals surface area (Å²) in [5.74, 6) is 1.44. The van der Waals surface area contributed by atoms with Crippen LogP contribution in [0.25, 0.3) is 0 Å². The SMILES string of the molecule is CC(C(=O)Nc1ccc(I)cn1)C1CC1. The second kappa shape index (κ2) is 4.47. The highest BCUT2D eigenvalue weighted by Crippen LogP contribution is 2.36. The monoisotopic (exact) mass is 316 g/mol. The zero-order chi connectivity index (χ0) is 10.8. The number of carbonyl (C=O) groups is 1.